The summed E-state index contributed by atoms with van der Waals surface area (Å²) in [4.78, 5) is 0. The lowest BCUT2D eigenvalue weighted by atomic mass is 10.1. The van der Waals surface area contributed by atoms with Gasteiger partial charge in [0.15, 0.2) is 0 Å². The largest absolute Gasteiger partial charge is 0.365 e. The molecule has 3 nitrogen and oxygen atoms in total. The Kier molecular flexibility index (Phi) is 2.52. The molecule has 1 aliphatic carbocycles. The van der Waals surface area contributed by atoms with Crippen LogP contribution < -0.4 is 5.32 Å². The monoisotopic (exact) mass is 225 g/mol. The Bertz CT molecular complexity index is 494. The molecular weight excluding hydrogens is 210 g/mol. The van der Waals surface area contributed by atoms with Gasteiger partial charge in [0.2, 0.25) is 0 Å². The highest BCUT2D eigenvalue weighted by molar-refractivity contribution is 5.40. The molecule has 3 heteroatoms. The first-order valence-corrected chi connectivity index (χ1v) is 5.95. The van der Waals surface area contributed by atoms with Crippen molar-refractivity contribution in [3.05, 3.63) is 53.2 Å². The Labute approximate surface area is 101 Å². The Hall–Kier alpha value is -1.90. The topological polar surface area (TPSA) is 37.8 Å². The van der Waals surface area contributed by atoms with Crippen LogP contribution in [0.25, 0.3) is 0 Å². The molecule has 17 heavy (non-hydrogen) atoms. The van der Waals surface area contributed by atoms with Crippen molar-refractivity contribution >= 4 is 5.82 Å². The maximum atomic E-state index is 4.14. The van der Waals surface area contributed by atoms with E-state index in [4.69, 9.17) is 0 Å². The minimum absolute atomic E-state index is 0.449. The summed E-state index contributed by atoms with van der Waals surface area (Å²) in [7, 11) is 0. The molecule has 1 aromatic heterocycles. The molecule has 1 aliphatic rings. The molecule has 0 atom stereocenters. The minimum Gasteiger partial charge on any atom is -0.365 e. The van der Waals surface area contributed by atoms with E-state index in [1.807, 2.05) is 19.1 Å². The predicted octanol–water partition coefficient (Wildman–Crippen LogP) is 2.36. The Morgan fingerprint density at radius 1 is 1.00 bits per heavy atom. The molecule has 1 heterocycles. The lowest BCUT2D eigenvalue weighted by Crippen LogP contribution is -2.20. The molecular formula is C14H15N3. The third kappa shape index (κ3) is 2.13. The molecule has 0 radical (unpaired) electrons. The minimum atomic E-state index is 0.449. The quantitative estimate of drug-likeness (QED) is 0.852. The highest BCUT2D eigenvalue weighted by atomic mass is 15.2. The molecule has 0 aliphatic heterocycles. The Morgan fingerprint density at radius 2 is 1.71 bits per heavy atom. The molecule has 0 amide bonds. The van der Waals surface area contributed by atoms with Gasteiger partial charge < -0.3 is 5.32 Å². The summed E-state index contributed by atoms with van der Waals surface area (Å²) in [6.45, 7) is 1.95. The maximum absolute atomic E-state index is 4.14. The van der Waals surface area contributed by atoms with Gasteiger partial charge in [-0.05, 0) is 43.0 Å². The first-order chi connectivity index (χ1) is 8.31. The average molecular weight is 225 g/mol. The van der Waals surface area contributed by atoms with Crippen molar-refractivity contribution in [1.82, 2.24) is 10.2 Å². The first-order valence-electron chi connectivity index (χ1n) is 5.95. The molecule has 86 valence electrons. The second-order valence-electron chi connectivity index (χ2n) is 4.58. The number of rotatable bonds is 2. The van der Waals surface area contributed by atoms with E-state index >= 15 is 0 Å². The number of nitrogens with one attached hydrogen (secondary N) is 1. The Balaban J connectivity index is 1.71. The van der Waals surface area contributed by atoms with Crippen LogP contribution in [-0.4, -0.2) is 16.2 Å². The van der Waals surface area contributed by atoms with Gasteiger partial charge in [-0.1, -0.05) is 24.3 Å². The zero-order chi connectivity index (χ0) is 11.7. The van der Waals surface area contributed by atoms with Crippen molar-refractivity contribution in [1.29, 1.82) is 0 Å². The van der Waals surface area contributed by atoms with Gasteiger partial charge in [-0.15, -0.1) is 5.10 Å². The third-order valence-corrected chi connectivity index (χ3v) is 3.20. The van der Waals surface area contributed by atoms with Crippen LogP contribution in [0.15, 0.2) is 36.4 Å². The maximum Gasteiger partial charge on any atom is 0.148 e. The second kappa shape index (κ2) is 4.17. The second-order valence-corrected chi connectivity index (χ2v) is 4.58. The van der Waals surface area contributed by atoms with E-state index in [1.165, 1.54) is 11.1 Å². The van der Waals surface area contributed by atoms with Crippen molar-refractivity contribution in [2.45, 2.75) is 25.8 Å². The normalized spacial score (nSPS) is 14.6. The van der Waals surface area contributed by atoms with E-state index < -0.39 is 0 Å². The zero-order valence-electron chi connectivity index (χ0n) is 9.85. The molecule has 0 saturated heterocycles. The van der Waals surface area contributed by atoms with Gasteiger partial charge in [-0.2, -0.15) is 5.10 Å². The van der Waals surface area contributed by atoms with Gasteiger partial charge in [0.05, 0.1) is 5.69 Å². The fourth-order valence-corrected chi connectivity index (χ4v) is 2.35. The van der Waals surface area contributed by atoms with Crippen LogP contribution in [-0.2, 0) is 12.8 Å². The van der Waals surface area contributed by atoms with Crippen molar-refractivity contribution < 1.29 is 0 Å². The van der Waals surface area contributed by atoms with Crippen LogP contribution in [0.5, 0.6) is 0 Å². The summed E-state index contributed by atoms with van der Waals surface area (Å²) in [5.41, 5.74) is 3.85. The lowest BCUT2D eigenvalue weighted by Gasteiger charge is -2.11. The van der Waals surface area contributed by atoms with Gasteiger partial charge in [0.25, 0.3) is 0 Å². The van der Waals surface area contributed by atoms with Crippen LogP contribution in [0.2, 0.25) is 0 Å². The number of anilines is 1. The first kappa shape index (κ1) is 10.3. The highest BCUT2D eigenvalue weighted by Gasteiger charge is 2.20. The number of hydrogen-bond donors (Lipinski definition) is 1. The lowest BCUT2D eigenvalue weighted by molar-refractivity contribution is 0.762. The molecule has 1 aromatic carbocycles. The van der Waals surface area contributed by atoms with E-state index in [2.05, 4.69) is 39.8 Å². The summed E-state index contributed by atoms with van der Waals surface area (Å²) in [6, 6.07) is 13.0. The van der Waals surface area contributed by atoms with Crippen LogP contribution in [0.1, 0.15) is 16.8 Å². The van der Waals surface area contributed by atoms with Gasteiger partial charge in [0, 0.05) is 6.04 Å². The molecule has 0 unspecified atom stereocenters. The number of nitrogens with zero attached hydrogens (tertiary/aromatic N) is 2. The fourth-order valence-electron chi connectivity index (χ4n) is 2.35. The molecule has 0 spiro atoms. The Morgan fingerprint density at radius 3 is 2.29 bits per heavy atom. The molecule has 3 rings (SSSR count). The van der Waals surface area contributed by atoms with Crippen LogP contribution >= 0.6 is 0 Å². The third-order valence-electron chi connectivity index (χ3n) is 3.20. The molecule has 0 fully saturated rings. The predicted molar refractivity (Wildman–Crippen MR) is 68.0 cm³/mol. The van der Waals surface area contributed by atoms with Crippen LogP contribution in [0, 0.1) is 6.92 Å². The average Bonchev–Trinajstić information content (AvgIpc) is 2.74. The summed E-state index contributed by atoms with van der Waals surface area (Å²) < 4.78 is 0. The summed E-state index contributed by atoms with van der Waals surface area (Å²) in [5, 5.41) is 11.6. The van der Waals surface area contributed by atoms with Gasteiger partial charge in [-0.25, -0.2) is 0 Å². The zero-order valence-corrected chi connectivity index (χ0v) is 9.85. The molecule has 0 bridgehead atoms. The van der Waals surface area contributed by atoms with E-state index in [-0.39, 0.29) is 0 Å². The molecule has 0 saturated carbocycles. The number of hydrogen-bond acceptors (Lipinski definition) is 3. The van der Waals surface area contributed by atoms with Crippen LogP contribution in [0.3, 0.4) is 0 Å². The number of benzene rings is 1. The van der Waals surface area contributed by atoms with Gasteiger partial charge in [-0.3, -0.25) is 0 Å². The fraction of sp³-hybridized carbons (Fsp3) is 0.286. The van der Waals surface area contributed by atoms with Gasteiger partial charge in [0.1, 0.15) is 5.82 Å². The number of aryl methyl sites for hydroxylation is 1. The van der Waals surface area contributed by atoms with Gasteiger partial charge >= 0.3 is 0 Å². The van der Waals surface area contributed by atoms with Crippen molar-refractivity contribution in [2.24, 2.45) is 0 Å². The smallest absolute Gasteiger partial charge is 0.148 e. The van der Waals surface area contributed by atoms with E-state index in [1.54, 1.807) is 0 Å². The number of fused-ring (bicyclic) bond motifs is 1. The van der Waals surface area contributed by atoms with Crippen molar-refractivity contribution in [3.63, 3.8) is 0 Å². The summed E-state index contributed by atoms with van der Waals surface area (Å²) in [6.07, 6.45) is 2.15. The number of aromatic nitrogens is 2. The summed E-state index contributed by atoms with van der Waals surface area (Å²) in [5.74, 6) is 0.869. The van der Waals surface area contributed by atoms with E-state index in [9.17, 15) is 0 Å². The van der Waals surface area contributed by atoms with E-state index in [0.717, 1.165) is 24.4 Å². The standard InChI is InChI=1S/C14H15N3/c1-10-6-7-14(17-16-10)15-13-8-11-4-2-3-5-12(11)9-13/h2-7,13H,8-9H2,1H3,(H,15,17). The van der Waals surface area contributed by atoms with Crippen LogP contribution in [0.4, 0.5) is 5.82 Å². The van der Waals surface area contributed by atoms with Crippen molar-refractivity contribution in [3.8, 4) is 0 Å². The molecule has 2 aromatic rings. The highest BCUT2D eigenvalue weighted by Crippen LogP contribution is 2.23. The van der Waals surface area contributed by atoms with E-state index in [0.29, 0.717) is 6.04 Å². The molecule has 1 N–H and O–H groups in total. The van der Waals surface area contributed by atoms with Crippen molar-refractivity contribution in [2.75, 3.05) is 5.32 Å². The summed E-state index contributed by atoms with van der Waals surface area (Å²) >= 11 is 0. The SMILES string of the molecule is Cc1ccc(NC2Cc3ccccc3C2)nn1.